The number of hydrogen-bond acceptors (Lipinski definition) is 3. The van der Waals surface area contributed by atoms with Crippen LogP contribution in [0.5, 0.6) is 0 Å². The van der Waals surface area contributed by atoms with Crippen molar-refractivity contribution in [2.75, 3.05) is 44.2 Å². The molecule has 0 saturated carbocycles. The minimum Gasteiger partial charge on any atom is -0.369 e. The van der Waals surface area contributed by atoms with Gasteiger partial charge in [-0.05, 0) is 44.6 Å². The highest BCUT2D eigenvalue weighted by Crippen LogP contribution is 2.21. The zero-order chi connectivity index (χ0) is 14.4. The highest BCUT2D eigenvalue weighted by Gasteiger charge is 2.20. The largest absolute Gasteiger partial charge is 0.369 e. The predicted octanol–water partition coefficient (Wildman–Crippen LogP) is 2.85. The van der Waals surface area contributed by atoms with E-state index in [0.29, 0.717) is 6.04 Å². The zero-order valence-electron chi connectivity index (χ0n) is 12.6. The number of nitrogens with zero attached hydrogens (tertiary/aromatic N) is 2. The van der Waals surface area contributed by atoms with Crippen molar-refractivity contribution in [1.82, 2.24) is 10.2 Å². The lowest BCUT2D eigenvalue weighted by Gasteiger charge is -2.39. The van der Waals surface area contributed by atoms with Crippen molar-refractivity contribution < 1.29 is 0 Å². The first kappa shape index (κ1) is 15.6. The van der Waals surface area contributed by atoms with Crippen molar-refractivity contribution in [1.29, 1.82) is 0 Å². The van der Waals surface area contributed by atoms with Gasteiger partial charge in [0.2, 0.25) is 0 Å². The van der Waals surface area contributed by atoms with E-state index in [-0.39, 0.29) is 0 Å². The van der Waals surface area contributed by atoms with E-state index in [1.54, 1.807) is 0 Å². The van der Waals surface area contributed by atoms with Crippen LogP contribution in [0.3, 0.4) is 0 Å². The Balaban J connectivity index is 1.80. The first-order valence-electron chi connectivity index (χ1n) is 7.66. The summed E-state index contributed by atoms with van der Waals surface area (Å²) >= 11 is 6.07. The van der Waals surface area contributed by atoms with Crippen molar-refractivity contribution in [3.05, 3.63) is 29.3 Å². The van der Waals surface area contributed by atoms with E-state index in [1.807, 2.05) is 12.1 Å². The maximum atomic E-state index is 6.07. The van der Waals surface area contributed by atoms with Gasteiger partial charge in [0.1, 0.15) is 0 Å². The Bertz CT molecular complexity index is 402. The molecule has 4 heteroatoms. The van der Waals surface area contributed by atoms with Crippen LogP contribution < -0.4 is 10.2 Å². The maximum Gasteiger partial charge on any atom is 0.0426 e. The molecule has 1 unspecified atom stereocenters. The molecule has 1 N–H and O–H groups in total. The molecule has 1 heterocycles. The summed E-state index contributed by atoms with van der Waals surface area (Å²) in [6.07, 6.45) is 1.23. The Hall–Kier alpha value is -0.770. The molecule has 3 nitrogen and oxygen atoms in total. The second kappa shape index (κ2) is 7.87. The number of benzene rings is 1. The topological polar surface area (TPSA) is 18.5 Å². The molecule has 2 rings (SSSR count). The molecular formula is C16H26ClN3. The fourth-order valence-electron chi connectivity index (χ4n) is 2.76. The van der Waals surface area contributed by atoms with Crippen LogP contribution in [-0.2, 0) is 0 Å². The molecule has 1 aromatic carbocycles. The first-order chi connectivity index (χ1) is 9.70. The summed E-state index contributed by atoms with van der Waals surface area (Å²) in [5, 5.41) is 4.23. The Labute approximate surface area is 127 Å². The lowest BCUT2D eigenvalue weighted by atomic mass is 10.1. The molecule has 0 bridgehead atoms. The highest BCUT2D eigenvalue weighted by molar-refractivity contribution is 6.30. The summed E-state index contributed by atoms with van der Waals surface area (Å²) in [5.41, 5.74) is 1.25. The predicted molar refractivity (Wildman–Crippen MR) is 87.9 cm³/mol. The van der Waals surface area contributed by atoms with Crippen LogP contribution in [0.25, 0.3) is 0 Å². The number of anilines is 1. The molecule has 1 atom stereocenters. The first-order valence-corrected chi connectivity index (χ1v) is 8.03. The molecule has 0 aliphatic carbocycles. The summed E-state index contributed by atoms with van der Waals surface area (Å²) in [6.45, 7) is 11.1. The van der Waals surface area contributed by atoms with Crippen molar-refractivity contribution >= 4 is 17.3 Å². The number of rotatable bonds is 6. The van der Waals surface area contributed by atoms with Gasteiger partial charge in [0.05, 0.1) is 0 Å². The van der Waals surface area contributed by atoms with Crippen molar-refractivity contribution in [3.63, 3.8) is 0 Å². The molecule has 1 aromatic rings. The van der Waals surface area contributed by atoms with Gasteiger partial charge in [-0.15, -0.1) is 0 Å². The summed E-state index contributed by atoms with van der Waals surface area (Å²) in [4.78, 5) is 5.03. The van der Waals surface area contributed by atoms with Gasteiger partial charge in [-0.25, -0.2) is 0 Å². The molecule has 1 aliphatic heterocycles. The van der Waals surface area contributed by atoms with Gasteiger partial charge in [-0.1, -0.05) is 24.6 Å². The molecule has 112 valence electrons. The molecule has 0 radical (unpaired) electrons. The third kappa shape index (κ3) is 4.37. The fraction of sp³-hybridized carbons (Fsp3) is 0.625. The molecule has 1 fully saturated rings. The normalized spacial score (nSPS) is 18.2. The molecule has 0 aromatic heterocycles. The van der Waals surface area contributed by atoms with E-state index in [2.05, 4.69) is 41.1 Å². The van der Waals surface area contributed by atoms with Crippen LogP contribution in [0.1, 0.15) is 20.3 Å². The lowest BCUT2D eigenvalue weighted by Crippen LogP contribution is -2.50. The third-order valence-corrected chi connectivity index (χ3v) is 4.33. The quantitative estimate of drug-likeness (QED) is 0.814. The number of nitrogens with one attached hydrogen (secondary N) is 1. The minimum absolute atomic E-state index is 0.663. The van der Waals surface area contributed by atoms with E-state index in [1.165, 1.54) is 12.1 Å². The number of piperazine rings is 1. The molecule has 20 heavy (non-hydrogen) atoms. The molecular weight excluding hydrogens is 270 g/mol. The molecule has 1 saturated heterocycles. The summed E-state index contributed by atoms with van der Waals surface area (Å²) in [7, 11) is 0. The second-order valence-electron chi connectivity index (χ2n) is 5.49. The third-order valence-electron chi connectivity index (χ3n) is 4.10. The van der Waals surface area contributed by atoms with E-state index in [4.69, 9.17) is 11.6 Å². The Morgan fingerprint density at radius 3 is 2.65 bits per heavy atom. The monoisotopic (exact) mass is 295 g/mol. The summed E-state index contributed by atoms with van der Waals surface area (Å²) in [6, 6.07) is 8.84. The number of hydrogen-bond donors (Lipinski definition) is 1. The van der Waals surface area contributed by atoms with E-state index in [0.717, 1.165) is 44.3 Å². The second-order valence-corrected chi connectivity index (χ2v) is 5.93. The van der Waals surface area contributed by atoms with Gasteiger partial charge in [-0.3, -0.25) is 4.90 Å². The Morgan fingerprint density at radius 1 is 1.25 bits per heavy atom. The van der Waals surface area contributed by atoms with Crippen molar-refractivity contribution in [3.8, 4) is 0 Å². The smallest absolute Gasteiger partial charge is 0.0426 e. The van der Waals surface area contributed by atoms with Gasteiger partial charge in [-0.2, -0.15) is 0 Å². The van der Waals surface area contributed by atoms with Crippen LogP contribution in [0.2, 0.25) is 5.02 Å². The molecule has 0 amide bonds. The van der Waals surface area contributed by atoms with E-state index in [9.17, 15) is 0 Å². The molecule has 1 aliphatic rings. The number of halogens is 1. The standard InChI is InChI=1S/C16H26ClN3/c1-3-18-8-7-14(2)19-9-11-20(12-10-19)16-6-4-5-15(17)13-16/h4-6,13-14,18H,3,7-12H2,1-2H3. The van der Waals surface area contributed by atoms with Crippen molar-refractivity contribution in [2.24, 2.45) is 0 Å². The maximum absolute atomic E-state index is 6.07. The lowest BCUT2D eigenvalue weighted by molar-refractivity contribution is 0.188. The summed E-state index contributed by atoms with van der Waals surface area (Å²) in [5.74, 6) is 0. The van der Waals surface area contributed by atoms with Gasteiger partial charge in [0, 0.05) is 42.9 Å². The van der Waals surface area contributed by atoms with Crippen LogP contribution in [0.15, 0.2) is 24.3 Å². The Morgan fingerprint density at radius 2 is 2.00 bits per heavy atom. The average molecular weight is 296 g/mol. The van der Waals surface area contributed by atoms with Crippen LogP contribution in [0, 0.1) is 0 Å². The Kier molecular flexibility index (Phi) is 6.14. The van der Waals surface area contributed by atoms with E-state index < -0.39 is 0 Å². The van der Waals surface area contributed by atoms with Gasteiger partial charge in [0.25, 0.3) is 0 Å². The van der Waals surface area contributed by atoms with Gasteiger partial charge < -0.3 is 10.2 Å². The van der Waals surface area contributed by atoms with Gasteiger partial charge >= 0.3 is 0 Å². The van der Waals surface area contributed by atoms with E-state index >= 15 is 0 Å². The SMILES string of the molecule is CCNCCC(C)N1CCN(c2cccc(Cl)c2)CC1. The zero-order valence-corrected chi connectivity index (χ0v) is 13.4. The minimum atomic E-state index is 0.663. The highest BCUT2D eigenvalue weighted by atomic mass is 35.5. The van der Waals surface area contributed by atoms with Crippen LogP contribution in [-0.4, -0.2) is 50.2 Å². The van der Waals surface area contributed by atoms with Crippen LogP contribution in [0.4, 0.5) is 5.69 Å². The fourth-order valence-corrected chi connectivity index (χ4v) is 2.95. The van der Waals surface area contributed by atoms with Gasteiger partial charge in [0.15, 0.2) is 0 Å². The van der Waals surface area contributed by atoms with Crippen molar-refractivity contribution in [2.45, 2.75) is 26.3 Å². The summed E-state index contributed by atoms with van der Waals surface area (Å²) < 4.78 is 0. The molecule has 0 spiro atoms. The van der Waals surface area contributed by atoms with Crippen LogP contribution >= 0.6 is 11.6 Å². The average Bonchev–Trinajstić information content (AvgIpc) is 2.47.